The lowest BCUT2D eigenvalue weighted by Crippen LogP contribution is -2.01. The first kappa shape index (κ1) is 20.5. The Labute approximate surface area is 172 Å². The molecule has 0 spiro atoms. The van der Waals surface area contributed by atoms with E-state index < -0.39 is 34.8 Å². The SMILES string of the molecule is CCCn1nc(-c2ccc(Oc3c(F)c(F)cc(F)c3F)cc2F)c2c(N)ncnc21. The Balaban J connectivity index is 1.78. The van der Waals surface area contributed by atoms with Crippen molar-refractivity contribution in [1.29, 1.82) is 0 Å². The van der Waals surface area contributed by atoms with Gasteiger partial charge in [0.15, 0.2) is 17.3 Å². The average molecular weight is 435 g/mol. The lowest BCUT2D eigenvalue weighted by molar-refractivity contribution is 0.365. The highest BCUT2D eigenvalue weighted by Gasteiger charge is 2.23. The third-order valence-electron chi connectivity index (χ3n) is 4.48. The summed E-state index contributed by atoms with van der Waals surface area (Å²) in [5.41, 5.74) is 6.53. The summed E-state index contributed by atoms with van der Waals surface area (Å²) >= 11 is 0. The second-order valence-electron chi connectivity index (χ2n) is 6.57. The number of ether oxygens (including phenoxy) is 1. The van der Waals surface area contributed by atoms with Gasteiger partial charge in [0.1, 0.15) is 29.4 Å². The van der Waals surface area contributed by atoms with Crippen molar-refractivity contribution in [3.63, 3.8) is 0 Å². The first-order chi connectivity index (χ1) is 14.8. The van der Waals surface area contributed by atoms with Gasteiger partial charge in [0.2, 0.25) is 17.4 Å². The van der Waals surface area contributed by atoms with Crippen LogP contribution in [0.15, 0.2) is 30.6 Å². The topological polar surface area (TPSA) is 78.9 Å². The van der Waals surface area contributed by atoms with Crippen molar-refractivity contribution >= 4 is 16.9 Å². The summed E-state index contributed by atoms with van der Waals surface area (Å²) in [6, 6.07) is 3.26. The van der Waals surface area contributed by atoms with Crippen molar-refractivity contribution in [3.8, 4) is 22.8 Å². The van der Waals surface area contributed by atoms with Crippen molar-refractivity contribution in [3.05, 3.63) is 59.7 Å². The standard InChI is InChI=1S/C20H14F5N5O/c1-2-5-30-20-14(19(26)27-8-28-20)17(29-30)10-4-3-9(6-11(10)21)31-18-15(24)12(22)7-13(23)16(18)25/h3-4,6-8H,2,5H2,1H3,(H2,26,27,28). The predicted octanol–water partition coefficient (Wildman–Crippen LogP) is 4.97. The molecule has 0 saturated heterocycles. The molecule has 0 amide bonds. The van der Waals surface area contributed by atoms with Gasteiger partial charge in [0, 0.05) is 24.2 Å². The first-order valence-corrected chi connectivity index (χ1v) is 9.09. The van der Waals surface area contributed by atoms with Gasteiger partial charge >= 0.3 is 0 Å². The van der Waals surface area contributed by atoms with Crippen LogP contribution in [0.4, 0.5) is 27.8 Å². The average Bonchev–Trinajstić information content (AvgIpc) is 3.10. The van der Waals surface area contributed by atoms with Crippen LogP contribution in [0.2, 0.25) is 0 Å². The molecule has 0 unspecified atom stereocenters. The zero-order valence-corrected chi connectivity index (χ0v) is 16.0. The van der Waals surface area contributed by atoms with Crippen LogP contribution in [0.1, 0.15) is 13.3 Å². The van der Waals surface area contributed by atoms with Gasteiger partial charge in [-0.1, -0.05) is 6.92 Å². The van der Waals surface area contributed by atoms with Gasteiger partial charge in [-0.25, -0.2) is 27.8 Å². The normalized spacial score (nSPS) is 11.3. The zero-order chi connectivity index (χ0) is 22.3. The maximum atomic E-state index is 14.9. The van der Waals surface area contributed by atoms with Crippen LogP contribution >= 0.6 is 0 Å². The molecule has 160 valence electrons. The van der Waals surface area contributed by atoms with Gasteiger partial charge in [0.05, 0.1) is 5.39 Å². The minimum absolute atomic E-state index is 0.0000646. The van der Waals surface area contributed by atoms with E-state index in [-0.39, 0.29) is 28.9 Å². The fourth-order valence-electron chi connectivity index (χ4n) is 3.10. The number of aryl methyl sites for hydroxylation is 1. The lowest BCUT2D eigenvalue weighted by atomic mass is 10.1. The summed E-state index contributed by atoms with van der Waals surface area (Å²) in [6.07, 6.45) is 2.00. The molecule has 4 aromatic rings. The molecule has 0 aliphatic rings. The number of rotatable bonds is 5. The van der Waals surface area contributed by atoms with E-state index in [0.717, 1.165) is 12.5 Å². The number of nitrogen functional groups attached to an aromatic ring is 1. The molecule has 0 radical (unpaired) electrons. The third kappa shape index (κ3) is 3.51. The minimum Gasteiger partial charge on any atom is -0.451 e. The predicted molar refractivity (Wildman–Crippen MR) is 102 cm³/mol. The fraction of sp³-hybridized carbons (Fsp3) is 0.150. The van der Waals surface area contributed by atoms with Crippen LogP contribution in [-0.4, -0.2) is 19.7 Å². The molecule has 4 rings (SSSR count). The smallest absolute Gasteiger partial charge is 0.204 e. The first-order valence-electron chi connectivity index (χ1n) is 9.09. The molecule has 2 N–H and O–H groups in total. The number of fused-ring (bicyclic) bond motifs is 1. The van der Waals surface area contributed by atoms with Gasteiger partial charge in [0.25, 0.3) is 0 Å². The van der Waals surface area contributed by atoms with Crippen LogP contribution in [0, 0.1) is 29.1 Å². The number of halogens is 5. The molecule has 0 bridgehead atoms. The molecule has 0 aliphatic carbocycles. The number of hydrogen-bond donors (Lipinski definition) is 1. The summed E-state index contributed by atoms with van der Waals surface area (Å²) < 4.78 is 75.7. The Morgan fingerprint density at radius 1 is 0.968 bits per heavy atom. The fourth-order valence-corrected chi connectivity index (χ4v) is 3.10. The molecule has 2 aromatic carbocycles. The summed E-state index contributed by atoms with van der Waals surface area (Å²) in [4.78, 5) is 8.07. The molecule has 11 heteroatoms. The lowest BCUT2D eigenvalue weighted by Gasteiger charge is -2.10. The van der Waals surface area contributed by atoms with Crippen molar-refractivity contribution in [1.82, 2.24) is 19.7 Å². The highest BCUT2D eigenvalue weighted by molar-refractivity contribution is 5.98. The second-order valence-corrected chi connectivity index (χ2v) is 6.57. The summed E-state index contributed by atoms with van der Waals surface area (Å²) in [5, 5.41) is 4.71. The van der Waals surface area contributed by atoms with Crippen LogP contribution in [0.3, 0.4) is 0 Å². The van der Waals surface area contributed by atoms with Gasteiger partial charge in [-0.15, -0.1) is 0 Å². The maximum Gasteiger partial charge on any atom is 0.204 e. The number of aromatic nitrogens is 4. The van der Waals surface area contributed by atoms with E-state index >= 15 is 0 Å². The van der Waals surface area contributed by atoms with Crippen molar-refractivity contribution in [2.24, 2.45) is 0 Å². The van der Waals surface area contributed by atoms with E-state index in [9.17, 15) is 22.0 Å². The van der Waals surface area contributed by atoms with Crippen molar-refractivity contribution < 1.29 is 26.7 Å². The molecule has 6 nitrogen and oxygen atoms in total. The second kappa shape index (κ2) is 7.82. The Hall–Kier alpha value is -3.76. The van der Waals surface area contributed by atoms with Crippen molar-refractivity contribution in [2.75, 3.05) is 5.73 Å². The number of nitrogens with zero attached hydrogens (tertiary/aromatic N) is 4. The number of hydrogen-bond acceptors (Lipinski definition) is 5. The molecular formula is C20H14F5N5O. The summed E-state index contributed by atoms with van der Waals surface area (Å²) in [6.45, 7) is 2.43. The highest BCUT2D eigenvalue weighted by Crippen LogP contribution is 2.35. The monoisotopic (exact) mass is 435 g/mol. The molecule has 31 heavy (non-hydrogen) atoms. The molecule has 2 heterocycles. The van der Waals surface area contributed by atoms with Crippen LogP contribution < -0.4 is 10.5 Å². The Morgan fingerprint density at radius 3 is 2.32 bits per heavy atom. The van der Waals surface area contributed by atoms with Gasteiger partial charge in [-0.3, -0.25) is 0 Å². The van der Waals surface area contributed by atoms with E-state index in [4.69, 9.17) is 10.5 Å². The molecule has 0 atom stereocenters. The highest BCUT2D eigenvalue weighted by atomic mass is 19.2. The number of nitrogens with two attached hydrogens (primary N) is 1. The van der Waals surface area contributed by atoms with E-state index in [1.807, 2.05) is 6.92 Å². The van der Waals surface area contributed by atoms with Crippen LogP contribution in [0.5, 0.6) is 11.5 Å². The number of anilines is 1. The van der Waals surface area contributed by atoms with E-state index in [1.165, 1.54) is 18.5 Å². The maximum absolute atomic E-state index is 14.9. The third-order valence-corrected chi connectivity index (χ3v) is 4.48. The summed E-state index contributed by atoms with van der Waals surface area (Å²) in [5.74, 6) is -9.24. The molecule has 0 aliphatic heterocycles. The van der Waals surface area contributed by atoms with Crippen LogP contribution in [0.25, 0.3) is 22.3 Å². The van der Waals surface area contributed by atoms with E-state index in [1.54, 1.807) is 4.68 Å². The summed E-state index contributed by atoms with van der Waals surface area (Å²) in [7, 11) is 0. The molecular weight excluding hydrogens is 421 g/mol. The Morgan fingerprint density at radius 2 is 1.68 bits per heavy atom. The Bertz CT molecular complexity index is 1280. The molecule has 0 fully saturated rings. The Kier molecular flexibility index (Phi) is 5.17. The van der Waals surface area contributed by atoms with Gasteiger partial charge in [-0.05, 0) is 18.6 Å². The molecule has 0 saturated carbocycles. The number of benzene rings is 2. The quantitative estimate of drug-likeness (QED) is 0.354. The zero-order valence-electron chi connectivity index (χ0n) is 16.0. The van der Waals surface area contributed by atoms with E-state index in [2.05, 4.69) is 15.1 Å². The largest absolute Gasteiger partial charge is 0.451 e. The minimum atomic E-state index is -1.74. The van der Waals surface area contributed by atoms with Crippen LogP contribution in [-0.2, 0) is 6.54 Å². The van der Waals surface area contributed by atoms with E-state index in [0.29, 0.717) is 17.6 Å². The molecule has 2 aromatic heterocycles. The van der Waals surface area contributed by atoms with Gasteiger partial charge < -0.3 is 10.5 Å². The van der Waals surface area contributed by atoms with Gasteiger partial charge in [-0.2, -0.15) is 13.9 Å². The van der Waals surface area contributed by atoms with Crippen molar-refractivity contribution in [2.45, 2.75) is 19.9 Å².